The van der Waals surface area contributed by atoms with Gasteiger partial charge in [0.15, 0.2) is 11.5 Å². The summed E-state index contributed by atoms with van der Waals surface area (Å²) in [6.07, 6.45) is 2.65. The van der Waals surface area contributed by atoms with Crippen molar-refractivity contribution in [2.75, 3.05) is 17.3 Å². The minimum atomic E-state index is -4.02. The summed E-state index contributed by atoms with van der Waals surface area (Å²) in [5.74, 6) is -0.893. The molecule has 4 N–H and O–H groups in total. The molecule has 0 spiro atoms. The molecule has 0 aliphatic carbocycles. The van der Waals surface area contributed by atoms with E-state index in [4.69, 9.17) is 4.84 Å². The smallest absolute Gasteiger partial charge is 0.264 e. The van der Waals surface area contributed by atoms with Crippen molar-refractivity contribution in [2.45, 2.75) is 4.90 Å². The van der Waals surface area contributed by atoms with Crippen LogP contribution in [0.2, 0.25) is 0 Å². The van der Waals surface area contributed by atoms with Gasteiger partial charge in [0.2, 0.25) is 0 Å². The Morgan fingerprint density at radius 3 is 2.32 bits per heavy atom. The predicted octanol–water partition coefficient (Wildman–Crippen LogP) is 3.16. The molecular weight excluding hydrogens is 344 g/mol. The molecule has 0 saturated heterocycles. The van der Waals surface area contributed by atoms with Crippen LogP contribution in [0.4, 0.5) is 11.4 Å². The number of aromatic hydroxyl groups is 2. The minimum Gasteiger partial charge on any atom is -0.504 e. The minimum absolute atomic E-state index is 0.0485. The van der Waals surface area contributed by atoms with Gasteiger partial charge in [0.25, 0.3) is 10.0 Å². The number of anilines is 2. The third-order valence-electron chi connectivity index (χ3n) is 3.40. The first-order valence-corrected chi connectivity index (χ1v) is 8.58. The van der Waals surface area contributed by atoms with E-state index in [1.54, 1.807) is 12.1 Å². The molecule has 0 heterocycles. The van der Waals surface area contributed by atoms with Crippen LogP contribution in [-0.2, 0) is 14.9 Å². The highest BCUT2D eigenvalue weighted by molar-refractivity contribution is 7.92. The molecule has 132 valence electrons. The van der Waals surface area contributed by atoms with Gasteiger partial charge in [-0.2, -0.15) is 0 Å². The highest BCUT2D eigenvalue weighted by Crippen LogP contribution is 2.39. The molecule has 2 rings (SSSR count). The third-order valence-corrected chi connectivity index (χ3v) is 4.82. The average Bonchev–Trinajstić information content (AvgIpc) is 2.58. The van der Waals surface area contributed by atoms with Gasteiger partial charge in [-0.15, -0.1) is 0 Å². The fourth-order valence-corrected chi connectivity index (χ4v) is 3.52. The fraction of sp³-hybridized carbons (Fsp3) is 0.0588. The van der Waals surface area contributed by atoms with Crippen molar-refractivity contribution in [2.24, 2.45) is 0 Å². The van der Waals surface area contributed by atoms with E-state index in [0.29, 0.717) is 0 Å². The van der Waals surface area contributed by atoms with Gasteiger partial charge >= 0.3 is 0 Å². The van der Waals surface area contributed by atoms with Crippen molar-refractivity contribution in [3.63, 3.8) is 0 Å². The lowest BCUT2D eigenvalue weighted by Gasteiger charge is -2.16. The molecule has 0 saturated carbocycles. The van der Waals surface area contributed by atoms with E-state index in [1.165, 1.54) is 31.4 Å². The van der Waals surface area contributed by atoms with Crippen LogP contribution in [0.15, 0.2) is 48.4 Å². The zero-order chi connectivity index (χ0) is 18.6. The van der Waals surface area contributed by atoms with Gasteiger partial charge in [0.1, 0.15) is 4.90 Å². The number of hydrogen-bond donors (Lipinski definition) is 4. The highest BCUT2D eigenvalue weighted by Gasteiger charge is 2.22. The molecule has 0 unspecified atom stereocenters. The first-order chi connectivity index (χ1) is 11.9. The molecule has 0 bridgehead atoms. The molecule has 7 nitrogen and oxygen atoms in total. The zero-order valence-corrected chi connectivity index (χ0v) is 14.3. The average molecular weight is 362 g/mol. The van der Waals surface area contributed by atoms with E-state index in [-0.39, 0.29) is 27.4 Å². The molecule has 25 heavy (non-hydrogen) atoms. The van der Waals surface area contributed by atoms with Crippen molar-refractivity contribution in [1.82, 2.24) is 0 Å². The normalized spacial score (nSPS) is 10.9. The van der Waals surface area contributed by atoms with Gasteiger partial charge < -0.3 is 10.2 Å². The number of para-hydroxylation sites is 1. The van der Waals surface area contributed by atoms with Gasteiger partial charge in [-0.25, -0.2) is 8.42 Å². The van der Waals surface area contributed by atoms with Gasteiger partial charge in [-0.05, 0) is 12.1 Å². The van der Waals surface area contributed by atoms with Crippen LogP contribution in [0, 0.1) is 0 Å². The zero-order valence-electron chi connectivity index (χ0n) is 13.5. The molecule has 2 aromatic rings. The van der Waals surface area contributed by atoms with E-state index in [0.717, 1.165) is 6.07 Å². The monoisotopic (exact) mass is 362 g/mol. The number of phenolic OH excluding ortho intramolecular Hbond substituents is 2. The summed E-state index contributed by atoms with van der Waals surface area (Å²) < 4.78 is 27.9. The van der Waals surface area contributed by atoms with Crippen LogP contribution >= 0.6 is 0 Å². The summed E-state index contributed by atoms with van der Waals surface area (Å²) in [5, 5.41) is 19.7. The second-order valence-corrected chi connectivity index (χ2v) is 6.59. The Balaban J connectivity index is 2.58. The van der Waals surface area contributed by atoms with E-state index in [9.17, 15) is 18.6 Å². The summed E-state index contributed by atoms with van der Waals surface area (Å²) in [6.45, 7) is 7.17. The van der Waals surface area contributed by atoms with Crippen LogP contribution in [0.1, 0.15) is 11.1 Å². The Morgan fingerprint density at radius 2 is 1.72 bits per heavy atom. The molecular formula is C17H18N2O5S. The summed E-state index contributed by atoms with van der Waals surface area (Å²) in [4.78, 5) is 4.73. The Bertz CT molecular complexity index is 923. The Labute approximate surface area is 145 Å². The maximum absolute atomic E-state index is 12.8. The molecule has 0 aromatic heterocycles. The third kappa shape index (κ3) is 3.59. The first kappa shape index (κ1) is 18.4. The van der Waals surface area contributed by atoms with Crippen LogP contribution in [0.25, 0.3) is 12.2 Å². The SMILES string of the molecule is C=Cc1c(NS(=O)(=O)c2ccccc2NOC)cc(O)c(O)c1C=C. The van der Waals surface area contributed by atoms with Crippen LogP contribution in [0.5, 0.6) is 11.5 Å². The van der Waals surface area contributed by atoms with Crippen molar-refractivity contribution in [1.29, 1.82) is 0 Å². The summed E-state index contributed by atoms with van der Waals surface area (Å²) in [5.41, 5.74) is 3.23. The lowest BCUT2D eigenvalue weighted by atomic mass is 10.0. The van der Waals surface area contributed by atoms with Crippen LogP contribution < -0.4 is 10.2 Å². The topological polar surface area (TPSA) is 108 Å². The second kappa shape index (κ2) is 7.29. The Hall–Kier alpha value is -2.97. The van der Waals surface area contributed by atoms with Crippen LogP contribution in [0.3, 0.4) is 0 Å². The molecule has 2 aromatic carbocycles. The molecule has 0 amide bonds. The second-order valence-electron chi connectivity index (χ2n) is 4.94. The lowest BCUT2D eigenvalue weighted by molar-refractivity contribution is 0.270. The quantitative estimate of drug-likeness (QED) is 0.342. The van der Waals surface area contributed by atoms with E-state index in [1.807, 2.05) is 0 Å². The van der Waals surface area contributed by atoms with Crippen molar-refractivity contribution < 1.29 is 23.5 Å². The van der Waals surface area contributed by atoms with Gasteiger partial charge in [0.05, 0.1) is 18.5 Å². The molecule has 0 fully saturated rings. The molecule has 0 aliphatic heterocycles. The summed E-state index contributed by atoms with van der Waals surface area (Å²) in [6, 6.07) is 7.25. The van der Waals surface area contributed by atoms with E-state index >= 15 is 0 Å². The van der Waals surface area contributed by atoms with E-state index < -0.39 is 21.5 Å². The van der Waals surface area contributed by atoms with Gasteiger partial charge in [-0.3, -0.25) is 15.0 Å². The lowest BCUT2D eigenvalue weighted by Crippen LogP contribution is -2.16. The maximum Gasteiger partial charge on any atom is 0.264 e. The Kier molecular flexibility index (Phi) is 5.35. The number of benzene rings is 2. The standard InChI is InChI=1S/C17H18N2O5S/c1-4-11-12(5-2)17(21)15(20)10-14(11)19-25(22,23)16-9-7-6-8-13(16)18-24-3/h4-10,18-21H,1-2H2,3H3. The van der Waals surface area contributed by atoms with Crippen molar-refractivity contribution in [3.05, 3.63) is 54.6 Å². The fourth-order valence-electron chi connectivity index (χ4n) is 2.30. The van der Waals surface area contributed by atoms with Crippen molar-refractivity contribution in [3.8, 4) is 11.5 Å². The number of nitrogens with one attached hydrogen (secondary N) is 2. The molecule has 0 radical (unpaired) electrons. The summed E-state index contributed by atoms with van der Waals surface area (Å²) in [7, 11) is -2.66. The van der Waals surface area contributed by atoms with Gasteiger partial charge in [0, 0.05) is 17.2 Å². The van der Waals surface area contributed by atoms with Gasteiger partial charge in [-0.1, -0.05) is 37.4 Å². The predicted molar refractivity (Wildman–Crippen MR) is 97.8 cm³/mol. The number of sulfonamides is 1. The highest BCUT2D eigenvalue weighted by atomic mass is 32.2. The maximum atomic E-state index is 12.8. The molecule has 0 aliphatic rings. The number of phenols is 2. The molecule has 0 atom stereocenters. The molecule has 8 heteroatoms. The van der Waals surface area contributed by atoms with Crippen LogP contribution in [-0.4, -0.2) is 25.7 Å². The largest absolute Gasteiger partial charge is 0.504 e. The number of rotatable bonds is 7. The summed E-state index contributed by atoms with van der Waals surface area (Å²) >= 11 is 0. The van der Waals surface area contributed by atoms with Crippen molar-refractivity contribution >= 4 is 33.6 Å². The first-order valence-electron chi connectivity index (χ1n) is 7.10. The number of hydrogen-bond acceptors (Lipinski definition) is 6. The van der Waals surface area contributed by atoms with E-state index in [2.05, 4.69) is 23.4 Å². The Morgan fingerprint density at radius 1 is 1.08 bits per heavy atom.